The van der Waals surface area contributed by atoms with E-state index in [1.165, 1.54) is 11.1 Å². The number of para-hydroxylation sites is 1. The van der Waals surface area contributed by atoms with Crippen LogP contribution in [0, 0.1) is 6.92 Å². The van der Waals surface area contributed by atoms with Crippen LogP contribution in [0.25, 0.3) is 0 Å². The average Bonchev–Trinajstić information content (AvgIpc) is 2.55. The van der Waals surface area contributed by atoms with Crippen molar-refractivity contribution in [2.75, 3.05) is 20.2 Å². The van der Waals surface area contributed by atoms with Crippen LogP contribution in [0.4, 0.5) is 0 Å². The van der Waals surface area contributed by atoms with E-state index in [-0.39, 0.29) is 11.6 Å². The van der Waals surface area contributed by atoms with Crippen LogP contribution in [0.1, 0.15) is 34.5 Å². The first kappa shape index (κ1) is 17.0. The summed E-state index contributed by atoms with van der Waals surface area (Å²) in [4.78, 5) is 13.3. The molecule has 23 heavy (non-hydrogen) atoms. The van der Waals surface area contributed by atoms with E-state index in [0.717, 1.165) is 0 Å². The zero-order chi connectivity index (χ0) is 16.8. The lowest BCUT2D eigenvalue weighted by Crippen LogP contribution is -2.27. The Labute approximate surface area is 137 Å². The number of carboxylic acids is 1. The van der Waals surface area contributed by atoms with Gasteiger partial charge in [-0.1, -0.05) is 42.0 Å². The smallest absolute Gasteiger partial charge is 0.339 e. The predicted octanol–water partition coefficient (Wildman–Crippen LogP) is 3.77. The second-order valence-corrected chi connectivity index (χ2v) is 5.72. The fraction of sp³-hybridized carbons (Fsp3) is 0.316. The van der Waals surface area contributed by atoms with Crippen molar-refractivity contribution in [2.45, 2.75) is 19.9 Å². The molecule has 1 N–H and O–H groups in total. The van der Waals surface area contributed by atoms with Gasteiger partial charge in [-0.3, -0.25) is 4.90 Å². The molecule has 0 heterocycles. The fourth-order valence-corrected chi connectivity index (χ4v) is 2.36. The van der Waals surface area contributed by atoms with E-state index in [2.05, 4.69) is 43.0 Å². The molecule has 122 valence electrons. The summed E-state index contributed by atoms with van der Waals surface area (Å²) in [6, 6.07) is 15.5. The van der Waals surface area contributed by atoms with E-state index in [1.54, 1.807) is 24.3 Å². The molecule has 4 nitrogen and oxygen atoms in total. The first-order valence-corrected chi connectivity index (χ1v) is 7.71. The Morgan fingerprint density at radius 3 is 2.48 bits per heavy atom. The highest BCUT2D eigenvalue weighted by atomic mass is 16.5. The number of hydrogen-bond acceptors (Lipinski definition) is 3. The number of ether oxygens (including phenoxy) is 1. The van der Waals surface area contributed by atoms with Gasteiger partial charge in [0.1, 0.15) is 17.9 Å². The number of rotatable bonds is 7. The molecule has 1 atom stereocenters. The van der Waals surface area contributed by atoms with Crippen molar-refractivity contribution in [3.8, 4) is 5.75 Å². The van der Waals surface area contributed by atoms with Crippen molar-refractivity contribution in [1.82, 2.24) is 4.90 Å². The van der Waals surface area contributed by atoms with Crippen LogP contribution in [0.3, 0.4) is 0 Å². The molecule has 0 saturated heterocycles. The van der Waals surface area contributed by atoms with Gasteiger partial charge in [0, 0.05) is 12.6 Å². The van der Waals surface area contributed by atoms with E-state index in [0.29, 0.717) is 18.9 Å². The number of aromatic carboxylic acids is 1. The van der Waals surface area contributed by atoms with Crippen LogP contribution >= 0.6 is 0 Å². The summed E-state index contributed by atoms with van der Waals surface area (Å²) in [5, 5.41) is 9.14. The second-order valence-electron chi connectivity index (χ2n) is 5.72. The average molecular weight is 313 g/mol. The van der Waals surface area contributed by atoms with Crippen molar-refractivity contribution in [3.05, 3.63) is 65.2 Å². The Hall–Kier alpha value is -2.33. The third-order valence-electron chi connectivity index (χ3n) is 4.04. The minimum Gasteiger partial charge on any atom is -0.491 e. The van der Waals surface area contributed by atoms with Crippen LogP contribution in [0.2, 0.25) is 0 Å². The zero-order valence-electron chi connectivity index (χ0n) is 13.8. The summed E-state index contributed by atoms with van der Waals surface area (Å²) >= 11 is 0. The van der Waals surface area contributed by atoms with Crippen LogP contribution in [0.15, 0.2) is 48.5 Å². The highest BCUT2D eigenvalue weighted by Crippen LogP contribution is 2.20. The highest BCUT2D eigenvalue weighted by molar-refractivity contribution is 5.90. The summed E-state index contributed by atoms with van der Waals surface area (Å²) < 4.78 is 5.65. The maximum Gasteiger partial charge on any atom is 0.339 e. The Morgan fingerprint density at radius 1 is 1.17 bits per heavy atom. The molecule has 0 unspecified atom stereocenters. The normalized spacial score (nSPS) is 12.2. The quantitative estimate of drug-likeness (QED) is 0.845. The summed E-state index contributed by atoms with van der Waals surface area (Å²) in [6.07, 6.45) is 0. The first-order chi connectivity index (χ1) is 11.0. The van der Waals surface area contributed by atoms with Gasteiger partial charge in [0.15, 0.2) is 0 Å². The second kappa shape index (κ2) is 7.79. The van der Waals surface area contributed by atoms with Crippen LogP contribution in [-0.2, 0) is 0 Å². The third-order valence-corrected chi connectivity index (χ3v) is 4.04. The summed E-state index contributed by atoms with van der Waals surface area (Å²) in [5.74, 6) is -0.557. The van der Waals surface area contributed by atoms with Crippen molar-refractivity contribution in [1.29, 1.82) is 0 Å². The van der Waals surface area contributed by atoms with Gasteiger partial charge in [-0.2, -0.15) is 0 Å². The molecule has 2 rings (SSSR count). The number of nitrogens with zero attached hydrogens (tertiary/aromatic N) is 1. The molecule has 0 spiro atoms. The van der Waals surface area contributed by atoms with Crippen molar-refractivity contribution >= 4 is 5.97 Å². The van der Waals surface area contributed by atoms with E-state index < -0.39 is 5.97 Å². The molecule has 2 aromatic rings. The van der Waals surface area contributed by atoms with E-state index in [4.69, 9.17) is 9.84 Å². The van der Waals surface area contributed by atoms with Gasteiger partial charge in [0.05, 0.1) is 0 Å². The number of carboxylic acid groups (broad SMARTS) is 1. The lowest BCUT2D eigenvalue weighted by Gasteiger charge is -2.25. The molecule has 0 aliphatic carbocycles. The minimum atomic E-state index is -0.970. The predicted molar refractivity (Wildman–Crippen MR) is 91.1 cm³/mol. The first-order valence-electron chi connectivity index (χ1n) is 7.71. The molecule has 0 aliphatic rings. The highest BCUT2D eigenvalue weighted by Gasteiger charge is 2.13. The maximum atomic E-state index is 11.1. The third kappa shape index (κ3) is 4.57. The van der Waals surface area contributed by atoms with Crippen LogP contribution in [-0.4, -0.2) is 36.2 Å². The molecule has 4 heteroatoms. The topological polar surface area (TPSA) is 49.8 Å². The zero-order valence-corrected chi connectivity index (χ0v) is 13.8. The molecule has 0 bridgehead atoms. The van der Waals surface area contributed by atoms with E-state index >= 15 is 0 Å². The molecule has 2 aromatic carbocycles. The van der Waals surface area contributed by atoms with Gasteiger partial charge >= 0.3 is 5.97 Å². The van der Waals surface area contributed by atoms with E-state index in [1.807, 2.05) is 7.05 Å². The number of benzene rings is 2. The standard InChI is InChI=1S/C19H23NO3/c1-14-8-10-16(11-9-14)15(2)20(3)12-13-23-18-7-5-4-6-17(18)19(21)22/h4-11,15H,12-13H2,1-3H3,(H,21,22)/t15-/m0/s1. The van der Waals surface area contributed by atoms with Gasteiger partial charge in [-0.25, -0.2) is 4.79 Å². The number of aryl methyl sites for hydroxylation is 1. The Morgan fingerprint density at radius 2 is 1.83 bits per heavy atom. The van der Waals surface area contributed by atoms with Gasteiger partial charge < -0.3 is 9.84 Å². The minimum absolute atomic E-state index is 0.196. The van der Waals surface area contributed by atoms with Crippen LogP contribution in [0.5, 0.6) is 5.75 Å². The van der Waals surface area contributed by atoms with Gasteiger partial charge in [-0.15, -0.1) is 0 Å². The Balaban J connectivity index is 1.91. The lowest BCUT2D eigenvalue weighted by molar-refractivity contribution is 0.0691. The lowest BCUT2D eigenvalue weighted by atomic mass is 10.1. The molecule has 0 amide bonds. The molecule has 0 aliphatic heterocycles. The summed E-state index contributed by atoms with van der Waals surface area (Å²) in [6.45, 7) is 5.38. The van der Waals surface area contributed by atoms with E-state index in [9.17, 15) is 4.79 Å². The molecule has 0 fully saturated rings. The van der Waals surface area contributed by atoms with Crippen molar-refractivity contribution in [3.63, 3.8) is 0 Å². The number of likely N-dealkylation sites (N-methyl/N-ethyl adjacent to an activating group) is 1. The van der Waals surface area contributed by atoms with Crippen LogP contribution < -0.4 is 4.74 Å². The van der Waals surface area contributed by atoms with Gasteiger partial charge in [-0.05, 0) is 38.6 Å². The summed E-state index contributed by atoms with van der Waals surface area (Å²) in [5.41, 5.74) is 2.70. The van der Waals surface area contributed by atoms with Crippen molar-refractivity contribution in [2.24, 2.45) is 0 Å². The van der Waals surface area contributed by atoms with Crippen molar-refractivity contribution < 1.29 is 14.6 Å². The monoisotopic (exact) mass is 313 g/mol. The van der Waals surface area contributed by atoms with Gasteiger partial charge in [0.25, 0.3) is 0 Å². The molecular formula is C19H23NO3. The molecule has 0 saturated carbocycles. The largest absolute Gasteiger partial charge is 0.491 e. The SMILES string of the molecule is Cc1ccc([C@H](C)N(C)CCOc2ccccc2C(=O)O)cc1. The summed E-state index contributed by atoms with van der Waals surface area (Å²) in [7, 11) is 2.04. The Bertz CT molecular complexity index is 652. The molecule has 0 aromatic heterocycles. The fourth-order valence-electron chi connectivity index (χ4n) is 2.36. The molecule has 0 radical (unpaired) electrons. The number of hydrogen-bond donors (Lipinski definition) is 1. The number of carbonyl (C=O) groups is 1. The van der Waals surface area contributed by atoms with Gasteiger partial charge in [0.2, 0.25) is 0 Å². The molecular weight excluding hydrogens is 290 g/mol. The Kier molecular flexibility index (Phi) is 5.77. The maximum absolute atomic E-state index is 11.1.